The highest BCUT2D eigenvalue weighted by Gasteiger charge is 2.04. The second-order valence-corrected chi connectivity index (χ2v) is 6.51. The Morgan fingerprint density at radius 2 is 2.11 bits per heavy atom. The van der Waals surface area contributed by atoms with Gasteiger partial charge in [0.1, 0.15) is 0 Å². The molecule has 1 rings (SSSR count). The van der Waals surface area contributed by atoms with Crippen LogP contribution < -0.4 is 10.6 Å². The average molecular weight is 300 g/mol. The van der Waals surface area contributed by atoms with Crippen LogP contribution in [0.25, 0.3) is 0 Å². The van der Waals surface area contributed by atoms with Crippen LogP contribution in [0.15, 0.2) is 11.4 Å². The van der Waals surface area contributed by atoms with Crippen LogP contribution >= 0.6 is 23.1 Å². The Bertz CT molecular complexity index is 366. The summed E-state index contributed by atoms with van der Waals surface area (Å²) < 4.78 is 0. The molecule has 0 spiro atoms. The summed E-state index contributed by atoms with van der Waals surface area (Å²) in [6.45, 7) is 3.44. The summed E-state index contributed by atoms with van der Waals surface area (Å²) in [6.07, 6.45) is 7.36. The summed E-state index contributed by atoms with van der Waals surface area (Å²) in [7, 11) is 0. The molecule has 3 nitrogen and oxygen atoms in total. The van der Waals surface area contributed by atoms with Crippen molar-refractivity contribution < 1.29 is 4.79 Å². The van der Waals surface area contributed by atoms with Gasteiger partial charge in [-0.1, -0.05) is 12.8 Å². The molecule has 0 radical (unpaired) electrons. The van der Waals surface area contributed by atoms with E-state index in [0.717, 1.165) is 18.8 Å². The number of anilines is 1. The van der Waals surface area contributed by atoms with E-state index in [-0.39, 0.29) is 5.91 Å². The lowest BCUT2D eigenvalue weighted by Gasteiger charge is -2.06. The number of carbonyl (C=O) groups excluding carboxylic acids is 1. The lowest BCUT2D eigenvalue weighted by Crippen LogP contribution is -2.15. The Morgan fingerprint density at radius 1 is 1.32 bits per heavy atom. The van der Waals surface area contributed by atoms with Gasteiger partial charge in [-0.3, -0.25) is 4.79 Å². The molecule has 0 aliphatic rings. The highest BCUT2D eigenvalue weighted by Crippen LogP contribution is 2.21. The van der Waals surface area contributed by atoms with Crippen molar-refractivity contribution in [3.63, 3.8) is 0 Å². The van der Waals surface area contributed by atoms with Gasteiger partial charge in [0.15, 0.2) is 0 Å². The van der Waals surface area contributed by atoms with Crippen molar-refractivity contribution >= 4 is 34.7 Å². The van der Waals surface area contributed by atoms with Gasteiger partial charge in [-0.25, -0.2) is 0 Å². The number of hydrogen-bond acceptors (Lipinski definition) is 4. The summed E-state index contributed by atoms with van der Waals surface area (Å²) >= 11 is 3.61. The molecule has 0 unspecified atom stereocenters. The largest absolute Gasteiger partial charge is 0.325 e. The van der Waals surface area contributed by atoms with Crippen LogP contribution in [-0.2, 0) is 11.3 Å². The topological polar surface area (TPSA) is 41.1 Å². The molecule has 0 aliphatic heterocycles. The van der Waals surface area contributed by atoms with Crippen molar-refractivity contribution in [1.29, 1.82) is 0 Å². The minimum Gasteiger partial charge on any atom is -0.325 e. The molecular formula is C14H24N2OS2. The maximum absolute atomic E-state index is 11.0. The molecule has 1 amide bonds. The van der Waals surface area contributed by atoms with Crippen LogP contribution in [0.4, 0.5) is 5.69 Å². The van der Waals surface area contributed by atoms with E-state index < -0.39 is 0 Å². The van der Waals surface area contributed by atoms with E-state index in [1.54, 1.807) is 18.3 Å². The number of nitrogens with one attached hydrogen (secondary N) is 2. The summed E-state index contributed by atoms with van der Waals surface area (Å²) in [5, 5.41) is 8.32. The van der Waals surface area contributed by atoms with Gasteiger partial charge in [-0.2, -0.15) is 11.8 Å². The molecule has 0 aromatic carbocycles. The highest BCUT2D eigenvalue weighted by molar-refractivity contribution is 7.98. The quantitative estimate of drug-likeness (QED) is 0.647. The number of unbranched alkanes of at least 4 members (excludes halogenated alkanes) is 3. The molecule has 2 N–H and O–H groups in total. The zero-order valence-corrected chi connectivity index (χ0v) is 13.5. The van der Waals surface area contributed by atoms with Crippen LogP contribution in [0.5, 0.6) is 0 Å². The van der Waals surface area contributed by atoms with Gasteiger partial charge in [0.2, 0.25) is 5.91 Å². The highest BCUT2D eigenvalue weighted by atomic mass is 32.2. The lowest BCUT2D eigenvalue weighted by molar-refractivity contribution is -0.114. The maximum atomic E-state index is 11.0. The first-order chi connectivity index (χ1) is 9.24. The van der Waals surface area contributed by atoms with Crippen molar-refractivity contribution in [3.8, 4) is 0 Å². The lowest BCUT2D eigenvalue weighted by atomic mass is 10.2. The number of amides is 1. The number of thiophene rings is 1. The van der Waals surface area contributed by atoms with E-state index in [1.165, 1.54) is 36.3 Å². The van der Waals surface area contributed by atoms with E-state index in [2.05, 4.69) is 16.9 Å². The molecule has 0 saturated heterocycles. The van der Waals surface area contributed by atoms with Crippen molar-refractivity contribution in [2.45, 2.75) is 39.2 Å². The predicted molar refractivity (Wildman–Crippen MR) is 87.2 cm³/mol. The normalized spacial score (nSPS) is 10.6. The molecule has 5 heteroatoms. The van der Waals surface area contributed by atoms with Crippen LogP contribution in [0.3, 0.4) is 0 Å². The Hall–Kier alpha value is -0.520. The monoisotopic (exact) mass is 300 g/mol. The zero-order valence-electron chi connectivity index (χ0n) is 11.8. The molecule has 0 fully saturated rings. The van der Waals surface area contributed by atoms with Crippen LogP contribution in [0.1, 0.15) is 37.5 Å². The first-order valence-corrected chi connectivity index (χ1v) is 9.05. The van der Waals surface area contributed by atoms with Crippen LogP contribution in [0, 0.1) is 0 Å². The average Bonchev–Trinajstić information content (AvgIpc) is 2.79. The fourth-order valence-electron chi connectivity index (χ4n) is 1.83. The smallest absolute Gasteiger partial charge is 0.221 e. The van der Waals surface area contributed by atoms with Gasteiger partial charge < -0.3 is 10.6 Å². The Balaban J connectivity index is 2.09. The molecule has 1 aromatic heterocycles. The minimum atomic E-state index is -0.00607. The van der Waals surface area contributed by atoms with Gasteiger partial charge in [-0.05, 0) is 42.8 Å². The second-order valence-electron chi connectivity index (χ2n) is 4.52. The van der Waals surface area contributed by atoms with Crippen LogP contribution in [-0.4, -0.2) is 24.5 Å². The van der Waals surface area contributed by atoms with Gasteiger partial charge >= 0.3 is 0 Å². The molecular weight excluding hydrogens is 276 g/mol. The summed E-state index contributed by atoms with van der Waals surface area (Å²) in [5.41, 5.74) is 0.949. The molecule has 19 heavy (non-hydrogen) atoms. The standard InChI is InChI=1S/C14H24N2OS2/c1-12(17)16-13-7-10-19-14(13)11-15-8-5-3-4-6-9-18-2/h7,10,15H,3-6,8-9,11H2,1-2H3,(H,16,17). The molecule has 0 bridgehead atoms. The molecule has 0 saturated carbocycles. The summed E-state index contributed by atoms with van der Waals surface area (Å²) in [6, 6.07) is 1.96. The molecule has 1 heterocycles. The molecule has 0 atom stereocenters. The number of carbonyl (C=O) groups is 1. The second kappa shape index (κ2) is 10.3. The first-order valence-electron chi connectivity index (χ1n) is 6.77. The Kier molecular flexibility index (Phi) is 8.95. The van der Waals surface area contributed by atoms with Gasteiger partial charge in [0.25, 0.3) is 0 Å². The van der Waals surface area contributed by atoms with Crippen molar-refractivity contribution in [1.82, 2.24) is 5.32 Å². The fraction of sp³-hybridized carbons (Fsp3) is 0.643. The summed E-state index contributed by atoms with van der Waals surface area (Å²) in [5.74, 6) is 1.27. The maximum Gasteiger partial charge on any atom is 0.221 e. The van der Waals surface area contributed by atoms with E-state index in [4.69, 9.17) is 0 Å². The third kappa shape index (κ3) is 7.60. The van der Waals surface area contributed by atoms with Crippen molar-refractivity contribution in [2.24, 2.45) is 0 Å². The zero-order chi connectivity index (χ0) is 13.9. The molecule has 0 aliphatic carbocycles. The summed E-state index contributed by atoms with van der Waals surface area (Å²) in [4.78, 5) is 12.2. The molecule has 1 aromatic rings. The van der Waals surface area contributed by atoms with E-state index in [1.807, 2.05) is 23.2 Å². The number of thioether (sulfide) groups is 1. The van der Waals surface area contributed by atoms with E-state index >= 15 is 0 Å². The third-order valence-corrected chi connectivity index (χ3v) is 4.41. The van der Waals surface area contributed by atoms with Gasteiger partial charge in [0, 0.05) is 18.3 Å². The fourth-order valence-corrected chi connectivity index (χ4v) is 3.12. The SMILES string of the molecule is CSCCCCCCNCc1sccc1NC(C)=O. The third-order valence-electron chi connectivity index (χ3n) is 2.79. The van der Waals surface area contributed by atoms with Gasteiger partial charge in [-0.15, -0.1) is 11.3 Å². The first kappa shape index (κ1) is 16.5. The molecule has 108 valence electrons. The Labute approximate surface area is 124 Å². The predicted octanol–water partition coefficient (Wildman–Crippen LogP) is 3.72. The van der Waals surface area contributed by atoms with Crippen molar-refractivity contribution in [3.05, 3.63) is 16.3 Å². The Morgan fingerprint density at radius 3 is 2.84 bits per heavy atom. The van der Waals surface area contributed by atoms with Crippen molar-refractivity contribution in [2.75, 3.05) is 23.9 Å². The van der Waals surface area contributed by atoms with Crippen LogP contribution in [0.2, 0.25) is 0 Å². The number of hydrogen-bond donors (Lipinski definition) is 2. The van der Waals surface area contributed by atoms with Gasteiger partial charge in [0.05, 0.1) is 5.69 Å². The van der Waals surface area contributed by atoms with E-state index in [9.17, 15) is 4.79 Å². The minimum absolute atomic E-state index is 0.00607. The van der Waals surface area contributed by atoms with E-state index in [0.29, 0.717) is 0 Å². The number of rotatable bonds is 10.